The van der Waals surface area contributed by atoms with Gasteiger partial charge in [-0.3, -0.25) is 0 Å². The van der Waals surface area contributed by atoms with Crippen molar-refractivity contribution >= 4 is 0 Å². The molecule has 0 saturated carbocycles. The van der Waals surface area contributed by atoms with Gasteiger partial charge in [-0.05, 0) is 12.0 Å². The van der Waals surface area contributed by atoms with Crippen molar-refractivity contribution in [3.8, 4) is 0 Å². The van der Waals surface area contributed by atoms with Crippen LogP contribution in [0.15, 0.2) is 30.3 Å². The minimum atomic E-state index is 0.937. The summed E-state index contributed by atoms with van der Waals surface area (Å²) in [6, 6.07) is 10.5. The Morgan fingerprint density at radius 2 is 1.91 bits per heavy atom. The topological polar surface area (TPSA) is 14.1 Å². The number of rotatable bonds is 4. The third kappa shape index (κ3) is 3.19. The van der Waals surface area contributed by atoms with E-state index >= 15 is 0 Å². The highest BCUT2D eigenvalue weighted by Crippen LogP contribution is 1.97. The lowest BCUT2D eigenvalue weighted by molar-refractivity contribution is 0.702. The molecule has 0 saturated heterocycles. The third-order valence-electron chi connectivity index (χ3n) is 1.63. The zero-order chi connectivity index (χ0) is 7.94. The molecule has 0 spiro atoms. The van der Waals surface area contributed by atoms with Crippen molar-refractivity contribution in [2.24, 2.45) is 0 Å². The van der Waals surface area contributed by atoms with Gasteiger partial charge in [-0.25, -0.2) is 5.32 Å². The molecule has 1 heteroatoms. The summed E-state index contributed by atoms with van der Waals surface area (Å²) in [6.07, 6.45) is 1.08. The molecule has 0 atom stereocenters. The zero-order valence-electron chi connectivity index (χ0n) is 6.96. The van der Waals surface area contributed by atoms with Gasteiger partial charge in [0.1, 0.15) is 0 Å². The van der Waals surface area contributed by atoms with Gasteiger partial charge >= 0.3 is 0 Å². The Morgan fingerprint density at radius 1 is 1.18 bits per heavy atom. The lowest BCUT2D eigenvalue weighted by Crippen LogP contribution is -2.07. The fourth-order valence-corrected chi connectivity index (χ4v) is 1.01. The van der Waals surface area contributed by atoms with E-state index in [0.29, 0.717) is 0 Å². The first-order chi connectivity index (χ1) is 5.43. The molecule has 1 nitrogen and oxygen atoms in total. The Balaban J connectivity index is 2.28. The van der Waals surface area contributed by atoms with E-state index in [4.69, 9.17) is 0 Å². The average molecular weight is 148 g/mol. The van der Waals surface area contributed by atoms with Crippen LogP contribution < -0.4 is 5.32 Å². The predicted octanol–water partition coefficient (Wildman–Crippen LogP) is 1.85. The smallest absolute Gasteiger partial charge is 0.0173 e. The second-order valence-electron chi connectivity index (χ2n) is 2.50. The number of hydrogen-bond acceptors (Lipinski definition) is 0. The van der Waals surface area contributed by atoms with Gasteiger partial charge in [0.25, 0.3) is 0 Å². The van der Waals surface area contributed by atoms with E-state index in [0.717, 1.165) is 19.5 Å². The maximum atomic E-state index is 4.27. The van der Waals surface area contributed by atoms with Crippen molar-refractivity contribution < 1.29 is 0 Å². The molecule has 0 heterocycles. The summed E-state index contributed by atoms with van der Waals surface area (Å²) in [5.41, 5.74) is 1.38. The van der Waals surface area contributed by atoms with Crippen LogP contribution >= 0.6 is 0 Å². The van der Waals surface area contributed by atoms with Gasteiger partial charge in [-0.15, -0.1) is 0 Å². The van der Waals surface area contributed by atoms with Crippen LogP contribution in [-0.4, -0.2) is 13.1 Å². The van der Waals surface area contributed by atoms with E-state index in [1.54, 1.807) is 0 Å². The fourth-order valence-electron chi connectivity index (χ4n) is 1.01. The van der Waals surface area contributed by atoms with Gasteiger partial charge in [0.05, 0.1) is 0 Å². The molecule has 0 amide bonds. The molecule has 0 aliphatic heterocycles. The minimum absolute atomic E-state index is 0.937. The van der Waals surface area contributed by atoms with Crippen LogP contribution in [0.25, 0.3) is 0 Å². The summed E-state index contributed by atoms with van der Waals surface area (Å²) in [4.78, 5) is 0. The molecular weight excluding hydrogens is 134 g/mol. The highest BCUT2D eigenvalue weighted by atomic mass is 14.8. The normalized spacial score (nSPS) is 9.91. The van der Waals surface area contributed by atoms with E-state index in [2.05, 4.69) is 36.5 Å². The summed E-state index contributed by atoms with van der Waals surface area (Å²) >= 11 is 0. The number of hydrogen-bond donors (Lipinski definition) is 0. The maximum Gasteiger partial charge on any atom is 0.0173 e. The lowest BCUT2D eigenvalue weighted by Gasteiger charge is -1.98. The van der Waals surface area contributed by atoms with Crippen molar-refractivity contribution in [3.63, 3.8) is 0 Å². The average Bonchev–Trinajstić information content (AvgIpc) is 2.07. The number of likely N-dealkylation sites (N-methyl/N-ethyl adjacent to an activating group) is 1. The first kappa shape index (κ1) is 8.28. The highest BCUT2D eigenvalue weighted by molar-refractivity contribution is 5.14. The van der Waals surface area contributed by atoms with E-state index in [1.165, 1.54) is 5.56 Å². The highest BCUT2D eigenvalue weighted by Gasteiger charge is 1.89. The van der Waals surface area contributed by atoms with Crippen molar-refractivity contribution in [1.29, 1.82) is 0 Å². The monoisotopic (exact) mass is 148 g/mol. The molecule has 0 aliphatic carbocycles. The van der Waals surface area contributed by atoms with E-state index in [9.17, 15) is 0 Å². The van der Waals surface area contributed by atoms with Gasteiger partial charge in [0.2, 0.25) is 0 Å². The number of benzene rings is 1. The molecule has 1 radical (unpaired) electrons. The molecule has 59 valence electrons. The van der Waals surface area contributed by atoms with Crippen LogP contribution in [-0.2, 0) is 6.42 Å². The third-order valence-corrected chi connectivity index (χ3v) is 1.63. The first-order valence-corrected chi connectivity index (χ1v) is 4.10. The van der Waals surface area contributed by atoms with Crippen LogP contribution in [0, 0.1) is 0 Å². The Labute approximate surface area is 68.4 Å². The van der Waals surface area contributed by atoms with Gasteiger partial charge in [0.15, 0.2) is 0 Å². The van der Waals surface area contributed by atoms with Gasteiger partial charge in [-0.2, -0.15) is 0 Å². The van der Waals surface area contributed by atoms with Crippen LogP contribution in [0.2, 0.25) is 0 Å². The van der Waals surface area contributed by atoms with Crippen molar-refractivity contribution in [3.05, 3.63) is 35.9 Å². The molecular formula is C10H14N. The molecule has 0 aliphatic rings. The van der Waals surface area contributed by atoms with E-state index in [1.807, 2.05) is 6.07 Å². The maximum absolute atomic E-state index is 4.27. The molecule has 11 heavy (non-hydrogen) atoms. The van der Waals surface area contributed by atoms with Crippen molar-refractivity contribution in [1.82, 2.24) is 5.32 Å². The summed E-state index contributed by atoms with van der Waals surface area (Å²) in [5.74, 6) is 0. The lowest BCUT2D eigenvalue weighted by atomic mass is 10.1. The Hall–Kier alpha value is -0.820. The van der Waals surface area contributed by atoms with Gasteiger partial charge < -0.3 is 0 Å². The molecule has 0 N–H and O–H groups in total. The van der Waals surface area contributed by atoms with Crippen LogP contribution in [0.4, 0.5) is 0 Å². The molecule has 0 fully saturated rings. The molecule has 1 rings (SSSR count). The Kier molecular flexibility index (Phi) is 3.70. The molecule has 0 bridgehead atoms. The largest absolute Gasteiger partial charge is 0.242 e. The number of nitrogens with zero attached hydrogens (tertiary/aromatic N) is 1. The zero-order valence-corrected chi connectivity index (χ0v) is 6.96. The predicted molar refractivity (Wildman–Crippen MR) is 47.7 cm³/mol. The second kappa shape index (κ2) is 4.91. The quantitative estimate of drug-likeness (QED) is 0.579. The summed E-state index contributed by atoms with van der Waals surface area (Å²) in [6.45, 7) is 3.97. The van der Waals surface area contributed by atoms with Crippen molar-refractivity contribution in [2.45, 2.75) is 13.3 Å². The summed E-state index contributed by atoms with van der Waals surface area (Å²) < 4.78 is 0. The second-order valence-corrected chi connectivity index (χ2v) is 2.50. The summed E-state index contributed by atoms with van der Waals surface area (Å²) in [7, 11) is 0. The van der Waals surface area contributed by atoms with Crippen LogP contribution in [0.1, 0.15) is 12.5 Å². The van der Waals surface area contributed by atoms with E-state index in [-0.39, 0.29) is 0 Å². The van der Waals surface area contributed by atoms with Crippen LogP contribution in [0.5, 0.6) is 0 Å². The Morgan fingerprint density at radius 3 is 2.55 bits per heavy atom. The molecule has 1 aromatic rings. The van der Waals surface area contributed by atoms with Crippen LogP contribution in [0.3, 0.4) is 0 Å². The SMILES string of the molecule is CC[N]CCc1ccccc1. The van der Waals surface area contributed by atoms with Crippen molar-refractivity contribution in [2.75, 3.05) is 13.1 Å². The summed E-state index contributed by atoms with van der Waals surface area (Å²) in [5, 5.41) is 4.27. The molecule has 1 aromatic carbocycles. The Bertz CT molecular complexity index is 181. The van der Waals surface area contributed by atoms with Gasteiger partial charge in [-0.1, -0.05) is 37.3 Å². The fraction of sp³-hybridized carbons (Fsp3) is 0.400. The molecule has 0 unspecified atom stereocenters. The van der Waals surface area contributed by atoms with E-state index < -0.39 is 0 Å². The first-order valence-electron chi connectivity index (χ1n) is 4.10. The van der Waals surface area contributed by atoms with Gasteiger partial charge in [0, 0.05) is 13.1 Å². The molecule has 0 aromatic heterocycles. The minimum Gasteiger partial charge on any atom is -0.242 e. The standard InChI is InChI=1S/C10H14N/c1-2-11-9-8-10-6-4-3-5-7-10/h3-7H,2,8-9H2,1H3.